The SMILES string of the molecule is CN(CC(=O)OC1CCCCC1(C(N)=S)c1ccc2nccn2c1)C(=O)c1ccccc1NS(C)(=O)=O. The summed E-state index contributed by atoms with van der Waals surface area (Å²) in [5.74, 6) is -1.14. The van der Waals surface area contributed by atoms with E-state index in [1.807, 2.05) is 28.9 Å². The van der Waals surface area contributed by atoms with Crippen molar-refractivity contribution in [1.29, 1.82) is 0 Å². The number of para-hydroxylation sites is 1. The Morgan fingerprint density at radius 2 is 2.03 bits per heavy atom. The highest BCUT2D eigenvalue weighted by molar-refractivity contribution is 7.92. The first-order chi connectivity index (χ1) is 17.5. The highest BCUT2D eigenvalue weighted by atomic mass is 32.2. The third-order valence-corrected chi connectivity index (χ3v) is 7.58. The number of nitrogens with two attached hydrogens (primary N) is 1. The van der Waals surface area contributed by atoms with Gasteiger partial charge in [0.1, 0.15) is 18.3 Å². The Kier molecular flexibility index (Phi) is 7.51. The summed E-state index contributed by atoms with van der Waals surface area (Å²) in [6.07, 6.45) is 8.74. The second-order valence-corrected chi connectivity index (χ2v) is 11.4. The normalized spacial score (nSPS) is 19.8. The standard InChI is InChI=1S/C25H29N5O5S2/c1-29(23(32)18-7-3-4-8-19(18)28-37(2,33)34)16-22(31)35-20-9-5-6-12-25(20,24(26)36)17-10-11-21-27-13-14-30(21)15-17/h3-4,7-8,10-11,13-15,20,28H,5-6,9,12,16H2,1-2H3,(H2,26,36). The van der Waals surface area contributed by atoms with Crippen LogP contribution >= 0.6 is 12.2 Å². The maximum absolute atomic E-state index is 13.1. The van der Waals surface area contributed by atoms with Gasteiger partial charge in [0.25, 0.3) is 5.91 Å². The number of carbonyl (C=O) groups excluding carboxylic acids is 2. The minimum atomic E-state index is -3.60. The van der Waals surface area contributed by atoms with Crippen molar-refractivity contribution in [3.63, 3.8) is 0 Å². The number of anilines is 1. The second kappa shape index (κ2) is 10.5. The summed E-state index contributed by atoms with van der Waals surface area (Å²) in [6, 6.07) is 9.98. The Labute approximate surface area is 220 Å². The summed E-state index contributed by atoms with van der Waals surface area (Å²) in [6.45, 7) is -0.337. The van der Waals surface area contributed by atoms with Gasteiger partial charge in [-0.25, -0.2) is 13.4 Å². The van der Waals surface area contributed by atoms with Crippen LogP contribution in [0.5, 0.6) is 0 Å². The van der Waals surface area contributed by atoms with Gasteiger partial charge in [-0.05, 0) is 43.0 Å². The summed E-state index contributed by atoms with van der Waals surface area (Å²) >= 11 is 5.53. The zero-order valence-corrected chi connectivity index (χ0v) is 22.2. The fourth-order valence-corrected chi connectivity index (χ4v) is 5.79. The molecule has 10 nitrogen and oxygen atoms in total. The Hall–Kier alpha value is -3.51. The molecule has 2 aromatic heterocycles. The highest BCUT2D eigenvalue weighted by Crippen LogP contribution is 2.42. The third-order valence-electron chi connectivity index (χ3n) is 6.62. The summed E-state index contributed by atoms with van der Waals surface area (Å²) in [5, 5.41) is 0. The minimum Gasteiger partial charge on any atom is -0.460 e. The van der Waals surface area contributed by atoms with Crippen LogP contribution in [-0.4, -0.2) is 65.5 Å². The molecule has 2 atom stereocenters. The van der Waals surface area contributed by atoms with Gasteiger partial charge in [0.05, 0.1) is 27.9 Å². The van der Waals surface area contributed by atoms with E-state index in [4.69, 9.17) is 22.7 Å². The largest absolute Gasteiger partial charge is 0.460 e. The van der Waals surface area contributed by atoms with Crippen molar-refractivity contribution in [2.24, 2.45) is 5.73 Å². The topological polar surface area (TPSA) is 136 Å². The lowest BCUT2D eigenvalue weighted by atomic mass is 9.67. The molecule has 1 aliphatic carbocycles. The monoisotopic (exact) mass is 543 g/mol. The van der Waals surface area contributed by atoms with E-state index in [0.29, 0.717) is 12.8 Å². The molecule has 196 valence electrons. The first kappa shape index (κ1) is 26.6. The predicted molar refractivity (Wildman–Crippen MR) is 144 cm³/mol. The fraction of sp³-hybridized carbons (Fsp3) is 0.360. The lowest BCUT2D eigenvalue weighted by Crippen LogP contribution is -2.53. The van der Waals surface area contributed by atoms with E-state index < -0.39 is 33.4 Å². The highest BCUT2D eigenvalue weighted by Gasteiger charge is 2.47. The number of thiocarbonyl (C=S) groups is 1. The number of amides is 1. The average molecular weight is 544 g/mol. The maximum atomic E-state index is 13.1. The van der Waals surface area contributed by atoms with E-state index in [2.05, 4.69) is 9.71 Å². The lowest BCUT2D eigenvalue weighted by Gasteiger charge is -2.43. The smallest absolute Gasteiger partial charge is 0.325 e. The lowest BCUT2D eigenvalue weighted by molar-refractivity contribution is -0.153. The predicted octanol–water partition coefficient (Wildman–Crippen LogP) is 2.49. The van der Waals surface area contributed by atoms with E-state index >= 15 is 0 Å². The molecule has 1 aliphatic rings. The molecule has 4 rings (SSSR count). The van der Waals surface area contributed by atoms with Gasteiger partial charge in [0.15, 0.2) is 0 Å². The molecule has 12 heteroatoms. The van der Waals surface area contributed by atoms with Gasteiger partial charge in [-0.2, -0.15) is 0 Å². The number of rotatable bonds is 8. The number of sulfonamides is 1. The third kappa shape index (κ3) is 5.59. The zero-order valence-electron chi connectivity index (χ0n) is 20.6. The zero-order chi connectivity index (χ0) is 26.8. The van der Waals surface area contributed by atoms with Gasteiger partial charge in [0, 0.05) is 25.6 Å². The summed E-state index contributed by atoms with van der Waals surface area (Å²) in [4.78, 5) is 31.8. The summed E-state index contributed by atoms with van der Waals surface area (Å²) in [7, 11) is -2.15. The van der Waals surface area contributed by atoms with Gasteiger partial charge in [-0.1, -0.05) is 36.8 Å². The Balaban J connectivity index is 1.54. The number of hydrogen-bond donors (Lipinski definition) is 2. The molecular weight excluding hydrogens is 514 g/mol. The van der Waals surface area contributed by atoms with Crippen LogP contribution in [-0.2, 0) is 25.0 Å². The van der Waals surface area contributed by atoms with Crippen LogP contribution in [0.15, 0.2) is 55.0 Å². The number of aromatic nitrogens is 2. The van der Waals surface area contributed by atoms with E-state index in [1.54, 1.807) is 18.3 Å². The van der Waals surface area contributed by atoms with E-state index in [9.17, 15) is 18.0 Å². The first-order valence-corrected chi connectivity index (χ1v) is 14.1. The van der Waals surface area contributed by atoms with Crippen molar-refractivity contribution in [1.82, 2.24) is 14.3 Å². The van der Waals surface area contributed by atoms with Crippen molar-refractivity contribution < 1.29 is 22.7 Å². The van der Waals surface area contributed by atoms with Crippen LogP contribution in [0.1, 0.15) is 41.6 Å². The van der Waals surface area contributed by atoms with Gasteiger partial charge in [-0.15, -0.1) is 0 Å². The first-order valence-electron chi connectivity index (χ1n) is 11.8. The molecule has 2 heterocycles. The number of nitrogens with one attached hydrogen (secondary N) is 1. The number of likely N-dealkylation sites (N-methyl/N-ethyl adjacent to an activating group) is 1. The van der Waals surface area contributed by atoms with Crippen molar-refractivity contribution in [3.05, 3.63) is 66.1 Å². The van der Waals surface area contributed by atoms with Crippen LogP contribution in [0, 0.1) is 0 Å². The molecule has 0 saturated heterocycles. The van der Waals surface area contributed by atoms with Crippen LogP contribution < -0.4 is 10.5 Å². The second-order valence-electron chi connectivity index (χ2n) is 9.25. The van der Waals surface area contributed by atoms with Crippen molar-refractivity contribution in [2.45, 2.75) is 37.2 Å². The van der Waals surface area contributed by atoms with Crippen molar-refractivity contribution in [3.8, 4) is 0 Å². The molecule has 0 bridgehead atoms. The molecule has 2 unspecified atom stereocenters. The average Bonchev–Trinajstić information content (AvgIpc) is 3.31. The Morgan fingerprint density at radius 3 is 2.76 bits per heavy atom. The Bertz CT molecular complexity index is 1450. The van der Waals surface area contributed by atoms with Gasteiger partial charge >= 0.3 is 5.97 Å². The number of pyridine rings is 1. The van der Waals surface area contributed by atoms with Gasteiger partial charge in [0.2, 0.25) is 10.0 Å². The molecule has 3 aromatic rings. The number of imidazole rings is 1. The fourth-order valence-electron chi connectivity index (χ4n) is 4.86. The minimum absolute atomic E-state index is 0.118. The molecule has 0 spiro atoms. The van der Waals surface area contributed by atoms with Crippen LogP contribution in [0.2, 0.25) is 0 Å². The molecule has 1 fully saturated rings. The number of nitrogens with zero attached hydrogens (tertiary/aromatic N) is 3. The maximum Gasteiger partial charge on any atom is 0.325 e. The molecule has 0 aliphatic heterocycles. The number of benzene rings is 1. The molecule has 0 radical (unpaired) electrons. The number of ether oxygens (including phenoxy) is 1. The molecule has 1 amide bonds. The molecule has 37 heavy (non-hydrogen) atoms. The number of esters is 1. The molecule has 1 saturated carbocycles. The van der Waals surface area contributed by atoms with Crippen molar-refractivity contribution in [2.75, 3.05) is 24.6 Å². The molecule has 3 N–H and O–H groups in total. The quantitative estimate of drug-likeness (QED) is 0.327. The number of carbonyl (C=O) groups is 2. The molecule has 1 aromatic carbocycles. The summed E-state index contributed by atoms with van der Waals surface area (Å²) in [5.41, 5.74) is 7.32. The van der Waals surface area contributed by atoms with E-state index in [0.717, 1.165) is 30.3 Å². The van der Waals surface area contributed by atoms with Gasteiger partial charge < -0.3 is 19.8 Å². The summed E-state index contributed by atoms with van der Waals surface area (Å²) < 4.78 is 33.5. The van der Waals surface area contributed by atoms with Crippen LogP contribution in [0.4, 0.5) is 5.69 Å². The van der Waals surface area contributed by atoms with Crippen molar-refractivity contribution >= 4 is 50.4 Å². The Morgan fingerprint density at radius 1 is 1.27 bits per heavy atom. The number of hydrogen-bond acceptors (Lipinski definition) is 7. The number of fused-ring (bicyclic) bond motifs is 1. The molecular formula is C25H29N5O5S2. The van der Waals surface area contributed by atoms with E-state index in [1.165, 1.54) is 24.1 Å². The van der Waals surface area contributed by atoms with Crippen LogP contribution in [0.3, 0.4) is 0 Å². The van der Waals surface area contributed by atoms with Crippen LogP contribution in [0.25, 0.3) is 5.65 Å². The van der Waals surface area contributed by atoms with E-state index in [-0.39, 0.29) is 22.8 Å². The van der Waals surface area contributed by atoms with Gasteiger partial charge in [-0.3, -0.25) is 14.3 Å².